The summed E-state index contributed by atoms with van der Waals surface area (Å²) < 4.78 is 0. The molecule has 0 aromatic carbocycles. The molecule has 53 valence electrons. The van der Waals surface area contributed by atoms with Gasteiger partial charge in [0, 0.05) is 11.1 Å². The third-order valence-corrected chi connectivity index (χ3v) is 1.38. The third kappa shape index (κ3) is 1.56. The van der Waals surface area contributed by atoms with Crippen LogP contribution in [0.25, 0.3) is 0 Å². The topological polar surface area (TPSA) is 12.9 Å². The Balaban J connectivity index is 2.97. The molecule has 1 radical (unpaired) electrons. The smallest absolute Gasteiger partial charge is 0.0889 e. The predicted molar refractivity (Wildman–Crippen MR) is 41.8 cm³/mol. The maximum Gasteiger partial charge on any atom is 0.0889 e. The minimum Gasteiger partial charge on any atom is -0.251 e. The molecule has 0 saturated carbocycles. The van der Waals surface area contributed by atoms with Crippen molar-refractivity contribution in [2.24, 2.45) is 0 Å². The van der Waals surface area contributed by atoms with Crippen molar-refractivity contribution in [3.8, 4) is 0 Å². The minimum atomic E-state index is 0.151. The lowest BCUT2D eigenvalue weighted by Crippen LogP contribution is -2.12. The molecule has 1 aromatic rings. The SMILES string of the molecule is CC(C)(C)c1ccc[c]n1. The van der Waals surface area contributed by atoms with Crippen LogP contribution < -0.4 is 0 Å². The molecule has 1 nitrogen and oxygen atoms in total. The fraction of sp³-hybridized carbons (Fsp3) is 0.444. The summed E-state index contributed by atoms with van der Waals surface area (Å²) in [5, 5.41) is 0. The highest BCUT2D eigenvalue weighted by molar-refractivity contribution is 5.11. The lowest BCUT2D eigenvalue weighted by atomic mass is 9.92. The first-order chi connectivity index (χ1) is 4.61. The molecular weight excluding hydrogens is 122 g/mol. The van der Waals surface area contributed by atoms with Gasteiger partial charge in [-0.1, -0.05) is 26.8 Å². The van der Waals surface area contributed by atoms with Gasteiger partial charge in [0.05, 0.1) is 6.20 Å². The molecule has 1 aromatic heterocycles. The summed E-state index contributed by atoms with van der Waals surface area (Å²) >= 11 is 0. The van der Waals surface area contributed by atoms with Crippen LogP contribution in [0.15, 0.2) is 18.2 Å². The largest absolute Gasteiger partial charge is 0.251 e. The Morgan fingerprint density at radius 1 is 1.40 bits per heavy atom. The highest BCUT2D eigenvalue weighted by atomic mass is 14.7. The van der Waals surface area contributed by atoms with Crippen molar-refractivity contribution in [1.82, 2.24) is 4.98 Å². The summed E-state index contributed by atoms with van der Waals surface area (Å²) in [5.41, 5.74) is 1.24. The van der Waals surface area contributed by atoms with E-state index in [0.29, 0.717) is 0 Å². The molecule has 0 fully saturated rings. The van der Waals surface area contributed by atoms with E-state index >= 15 is 0 Å². The maximum absolute atomic E-state index is 4.12. The summed E-state index contributed by atoms with van der Waals surface area (Å²) in [6, 6.07) is 5.80. The van der Waals surface area contributed by atoms with E-state index in [1.807, 2.05) is 18.2 Å². The molecule has 0 atom stereocenters. The quantitative estimate of drug-likeness (QED) is 0.530. The van der Waals surface area contributed by atoms with Crippen LogP contribution in [-0.2, 0) is 5.41 Å². The van der Waals surface area contributed by atoms with Gasteiger partial charge in [-0.15, -0.1) is 0 Å². The lowest BCUT2D eigenvalue weighted by Gasteiger charge is -2.16. The van der Waals surface area contributed by atoms with Crippen molar-refractivity contribution >= 4 is 0 Å². The predicted octanol–water partition coefficient (Wildman–Crippen LogP) is 2.18. The van der Waals surface area contributed by atoms with Gasteiger partial charge in [0.15, 0.2) is 0 Å². The van der Waals surface area contributed by atoms with Crippen LogP contribution in [0, 0.1) is 6.20 Å². The van der Waals surface area contributed by atoms with Crippen LogP contribution in [0.5, 0.6) is 0 Å². The van der Waals surface area contributed by atoms with E-state index in [1.54, 1.807) is 0 Å². The van der Waals surface area contributed by atoms with Gasteiger partial charge in [-0.2, -0.15) is 0 Å². The fourth-order valence-electron chi connectivity index (χ4n) is 0.744. The van der Waals surface area contributed by atoms with E-state index in [4.69, 9.17) is 0 Å². The second kappa shape index (κ2) is 2.41. The first kappa shape index (κ1) is 7.26. The summed E-state index contributed by atoms with van der Waals surface area (Å²) in [4.78, 5) is 4.12. The maximum atomic E-state index is 4.12. The number of rotatable bonds is 0. The van der Waals surface area contributed by atoms with Crippen molar-refractivity contribution in [1.29, 1.82) is 0 Å². The molecular formula is C9H12N. The molecule has 10 heavy (non-hydrogen) atoms. The molecule has 0 aliphatic rings. The van der Waals surface area contributed by atoms with E-state index in [-0.39, 0.29) is 5.41 Å². The Morgan fingerprint density at radius 3 is 2.40 bits per heavy atom. The first-order valence-corrected chi connectivity index (χ1v) is 3.44. The summed E-state index contributed by atoms with van der Waals surface area (Å²) in [5.74, 6) is 0. The van der Waals surface area contributed by atoms with Crippen LogP contribution in [-0.4, -0.2) is 4.98 Å². The van der Waals surface area contributed by atoms with Crippen LogP contribution in [0.2, 0.25) is 0 Å². The van der Waals surface area contributed by atoms with Crippen molar-refractivity contribution in [2.75, 3.05) is 0 Å². The average Bonchev–Trinajstić information content (AvgIpc) is 1.88. The molecule has 1 heterocycles. The highest BCUT2D eigenvalue weighted by Gasteiger charge is 2.13. The Kier molecular flexibility index (Phi) is 1.75. The molecule has 0 aliphatic heterocycles. The Bertz CT molecular complexity index is 196. The van der Waals surface area contributed by atoms with Crippen LogP contribution in [0.3, 0.4) is 0 Å². The average molecular weight is 134 g/mol. The monoisotopic (exact) mass is 134 g/mol. The molecule has 0 spiro atoms. The van der Waals surface area contributed by atoms with E-state index in [2.05, 4.69) is 32.0 Å². The molecule has 0 unspecified atom stereocenters. The molecule has 0 aliphatic carbocycles. The third-order valence-electron chi connectivity index (χ3n) is 1.38. The van der Waals surface area contributed by atoms with Crippen molar-refractivity contribution in [2.45, 2.75) is 26.2 Å². The van der Waals surface area contributed by atoms with Gasteiger partial charge in [0.1, 0.15) is 0 Å². The molecule has 0 saturated heterocycles. The van der Waals surface area contributed by atoms with Gasteiger partial charge >= 0.3 is 0 Å². The van der Waals surface area contributed by atoms with Crippen LogP contribution in [0.1, 0.15) is 26.5 Å². The second-order valence-corrected chi connectivity index (χ2v) is 3.40. The van der Waals surface area contributed by atoms with E-state index in [9.17, 15) is 0 Å². The lowest BCUT2D eigenvalue weighted by molar-refractivity contribution is 0.568. The molecule has 0 amide bonds. The van der Waals surface area contributed by atoms with Crippen molar-refractivity contribution < 1.29 is 0 Å². The van der Waals surface area contributed by atoms with E-state index in [0.717, 1.165) is 5.69 Å². The number of aromatic nitrogens is 1. The van der Waals surface area contributed by atoms with Crippen molar-refractivity contribution in [3.05, 3.63) is 30.1 Å². The molecule has 0 N–H and O–H groups in total. The van der Waals surface area contributed by atoms with Gasteiger partial charge in [-0.3, -0.25) is 4.98 Å². The normalized spacial score (nSPS) is 11.5. The number of nitrogens with zero attached hydrogens (tertiary/aromatic N) is 1. The van der Waals surface area contributed by atoms with Gasteiger partial charge in [0.2, 0.25) is 0 Å². The molecule has 1 rings (SSSR count). The zero-order valence-corrected chi connectivity index (χ0v) is 6.68. The Labute approximate surface area is 62.1 Å². The number of hydrogen-bond acceptors (Lipinski definition) is 1. The number of hydrogen-bond donors (Lipinski definition) is 0. The van der Waals surface area contributed by atoms with E-state index in [1.165, 1.54) is 0 Å². The van der Waals surface area contributed by atoms with Gasteiger partial charge in [-0.05, 0) is 12.1 Å². The Hall–Kier alpha value is -0.850. The highest BCUT2D eigenvalue weighted by Crippen LogP contribution is 2.18. The summed E-state index contributed by atoms with van der Waals surface area (Å²) in [7, 11) is 0. The van der Waals surface area contributed by atoms with Crippen molar-refractivity contribution in [3.63, 3.8) is 0 Å². The number of pyridine rings is 1. The van der Waals surface area contributed by atoms with Gasteiger partial charge in [0.25, 0.3) is 0 Å². The fourth-order valence-corrected chi connectivity index (χ4v) is 0.744. The zero-order chi connectivity index (χ0) is 7.61. The van der Waals surface area contributed by atoms with Gasteiger partial charge < -0.3 is 0 Å². The Morgan fingerprint density at radius 2 is 2.10 bits per heavy atom. The molecule has 0 bridgehead atoms. The summed E-state index contributed by atoms with van der Waals surface area (Å²) in [6.45, 7) is 6.43. The second-order valence-electron chi connectivity index (χ2n) is 3.40. The van der Waals surface area contributed by atoms with Crippen LogP contribution in [0.4, 0.5) is 0 Å². The first-order valence-electron chi connectivity index (χ1n) is 3.44. The minimum absolute atomic E-state index is 0.151. The molecule has 1 heteroatoms. The standard InChI is InChI=1S/C9H12N/c1-9(2,3)8-6-4-5-7-10-8/h4-6H,1-3H3. The summed E-state index contributed by atoms with van der Waals surface area (Å²) in [6.07, 6.45) is 2.82. The van der Waals surface area contributed by atoms with Gasteiger partial charge in [-0.25, -0.2) is 0 Å². The zero-order valence-electron chi connectivity index (χ0n) is 6.68. The van der Waals surface area contributed by atoms with Crippen LogP contribution >= 0.6 is 0 Å². The van der Waals surface area contributed by atoms with E-state index < -0.39 is 0 Å².